The van der Waals surface area contributed by atoms with Gasteiger partial charge in [0.25, 0.3) is 0 Å². The minimum Gasteiger partial charge on any atom is -0.462 e. The van der Waals surface area contributed by atoms with E-state index in [0.717, 1.165) is 11.1 Å². The van der Waals surface area contributed by atoms with Gasteiger partial charge in [-0.05, 0) is 79.9 Å². The number of sulfone groups is 1. The summed E-state index contributed by atoms with van der Waals surface area (Å²) < 4.78 is 30.8. The van der Waals surface area contributed by atoms with Gasteiger partial charge in [0.15, 0.2) is 0 Å². The van der Waals surface area contributed by atoms with Crippen LogP contribution in [0, 0.1) is 0 Å². The first kappa shape index (κ1) is 28.8. The quantitative estimate of drug-likeness (QED) is 0.352. The molecule has 0 radical (unpaired) electrons. The van der Waals surface area contributed by atoms with Crippen molar-refractivity contribution in [3.05, 3.63) is 94.5 Å². The molecule has 188 valence electrons. The van der Waals surface area contributed by atoms with Gasteiger partial charge in [0.05, 0.1) is 28.1 Å². The molecular weight excluding hydrogens is 509 g/mol. The lowest BCUT2D eigenvalue weighted by atomic mass is 10.1. The molecule has 0 aromatic heterocycles. The first-order chi connectivity index (χ1) is 16.2. The molecule has 0 aliphatic rings. The second-order valence-electron chi connectivity index (χ2n) is 7.98. The SMILES string of the molecule is CCOC(=O)c1ccc(S(=O)(=O)c2ccc(C[C@H](C)NC[C@H](O)c3cccc(Cl)c3)cc2)cc1.Cl. The standard InChI is InChI=1S/C26H28ClNO5S.ClH/c1-3-33-26(30)20-9-13-24(14-10-20)34(31,32)23-11-7-19(8-12-23)15-18(2)28-17-25(29)21-5-4-6-22(27)16-21;/h4-14,16,18,25,28-29H,3,15,17H2,1-2H3;1H/t18-,25-;/m0./s1. The van der Waals surface area contributed by atoms with E-state index in [9.17, 15) is 18.3 Å². The number of halogens is 2. The van der Waals surface area contributed by atoms with Crippen LogP contribution in [0.25, 0.3) is 0 Å². The summed E-state index contributed by atoms with van der Waals surface area (Å²) in [7, 11) is -3.71. The summed E-state index contributed by atoms with van der Waals surface area (Å²) in [5, 5.41) is 14.2. The van der Waals surface area contributed by atoms with Crippen LogP contribution >= 0.6 is 24.0 Å². The third-order valence-electron chi connectivity index (χ3n) is 5.34. The van der Waals surface area contributed by atoms with Crippen LogP contribution in [0.4, 0.5) is 0 Å². The molecule has 2 N–H and O–H groups in total. The van der Waals surface area contributed by atoms with Crippen LogP contribution in [0.15, 0.2) is 82.6 Å². The Hall–Kier alpha value is -2.42. The molecule has 0 heterocycles. The van der Waals surface area contributed by atoms with Crippen molar-refractivity contribution in [2.24, 2.45) is 0 Å². The summed E-state index contributed by atoms with van der Waals surface area (Å²) in [6.07, 6.45) is -0.0134. The molecular formula is C26H29Cl2NO5S. The van der Waals surface area contributed by atoms with Crippen molar-refractivity contribution in [2.75, 3.05) is 13.2 Å². The number of carbonyl (C=O) groups excluding carboxylic acids is 1. The molecule has 0 aliphatic carbocycles. The second kappa shape index (κ2) is 13.0. The van der Waals surface area contributed by atoms with E-state index in [-0.39, 0.29) is 34.8 Å². The molecule has 3 aromatic rings. The van der Waals surface area contributed by atoms with E-state index in [4.69, 9.17) is 16.3 Å². The van der Waals surface area contributed by atoms with Gasteiger partial charge < -0.3 is 15.2 Å². The first-order valence-electron chi connectivity index (χ1n) is 11.0. The molecule has 3 aromatic carbocycles. The highest BCUT2D eigenvalue weighted by Gasteiger charge is 2.19. The fourth-order valence-electron chi connectivity index (χ4n) is 3.50. The molecule has 0 unspecified atom stereocenters. The number of benzene rings is 3. The van der Waals surface area contributed by atoms with Crippen molar-refractivity contribution >= 4 is 39.8 Å². The van der Waals surface area contributed by atoms with Crippen molar-refractivity contribution < 1.29 is 23.1 Å². The molecule has 9 heteroatoms. The number of nitrogens with one attached hydrogen (secondary N) is 1. The largest absolute Gasteiger partial charge is 0.462 e. The summed E-state index contributed by atoms with van der Waals surface area (Å²) >= 11 is 5.98. The Kier molecular flexibility index (Phi) is 10.7. The van der Waals surface area contributed by atoms with Crippen molar-refractivity contribution in [3.63, 3.8) is 0 Å². The summed E-state index contributed by atoms with van der Waals surface area (Å²) in [6, 6.07) is 19.6. The van der Waals surface area contributed by atoms with Gasteiger partial charge in [-0.3, -0.25) is 0 Å². The smallest absolute Gasteiger partial charge is 0.338 e. The maximum absolute atomic E-state index is 12.9. The molecule has 0 amide bonds. The third kappa shape index (κ3) is 7.78. The number of hydrogen-bond donors (Lipinski definition) is 2. The molecule has 0 fully saturated rings. The summed E-state index contributed by atoms with van der Waals surface area (Å²) in [5.41, 5.74) is 2.02. The van der Waals surface area contributed by atoms with Crippen LogP contribution in [-0.2, 0) is 21.0 Å². The number of aliphatic hydroxyl groups excluding tert-OH is 1. The molecule has 6 nitrogen and oxygen atoms in total. The average Bonchev–Trinajstić information content (AvgIpc) is 2.83. The summed E-state index contributed by atoms with van der Waals surface area (Å²) in [6.45, 7) is 4.33. The fraction of sp³-hybridized carbons (Fsp3) is 0.269. The van der Waals surface area contributed by atoms with Crippen LogP contribution in [0.3, 0.4) is 0 Å². The second-order valence-corrected chi connectivity index (χ2v) is 10.4. The normalized spacial score (nSPS) is 12.9. The maximum Gasteiger partial charge on any atom is 0.338 e. The van der Waals surface area contributed by atoms with E-state index in [1.54, 1.807) is 49.4 Å². The molecule has 2 atom stereocenters. The zero-order chi connectivity index (χ0) is 24.7. The van der Waals surface area contributed by atoms with E-state index in [0.29, 0.717) is 23.6 Å². The van der Waals surface area contributed by atoms with E-state index in [1.807, 2.05) is 13.0 Å². The molecule has 0 bridgehead atoms. The Morgan fingerprint density at radius 3 is 2.20 bits per heavy atom. The number of hydrogen-bond acceptors (Lipinski definition) is 6. The minimum absolute atomic E-state index is 0. The van der Waals surface area contributed by atoms with E-state index < -0.39 is 21.9 Å². The van der Waals surface area contributed by atoms with Gasteiger partial charge >= 0.3 is 5.97 Å². The lowest BCUT2D eigenvalue weighted by molar-refractivity contribution is 0.0526. The lowest BCUT2D eigenvalue weighted by Gasteiger charge is -2.18. The molecule has 0 saturated carbocycles. The maximum atomic E-state index is 12.9. The zero-order valence-corrected chi connectivity index (χ0v) is 21.9. The first-order valence-corrected chi connectivity index (χ1v) is 12.8. The monoisotopic (exact) mass is 537 g/mol. The Balaban J connectivity index is 0.00000432. The van der Waals surface area contributed by atoms with Crippen LogP contribution in [0.2, 0.25) is 5.02 Å². The third-order valence-corrected chi connectivity index (χ3v) is 7.37. The van der Waals surface area contributed by atoms with Crippen molar-refractivity contribution in [3.8, 4) is 0 Å². The van der Waals surface area contributed by atoms with Gasteiger partial charge in [-0.15, -0.1) is 12.4 Å². The molecule has 0 aliphatic heterocycles. The van der Waals surface area contributed by atoms with Gasteiger partial charge in [-0.25, -0.2) is 13.2 Å². The number of rotatable bonds is 10. The van der Waals surface area contributed by atoms with Gasteiger partial charge in [-0.1, -0.05) is 35.9 Å². The Morgan fingerprint density at radius 1 is 1.03 bits per heavy atom. The number of esters is 1. The van der Waals surface area contributed by atoms with Crippen LogP contribution < -0.4 is 5.32 Å². The summed E-state index contributed by atoms with van der Waals surface area (Å²) in [4.78, 5) is 12.1. The number of aliphatic hydroxyl groups is 1. The van der Waals surface area contributed by atoms with Gasteiger partial charge in [0.2, 0.25) is 9.84 Å². The predicted octanol–water partition coefficient (Wildman–Crippen LogP) is 5.03. The highest BCUT2D eigenvalue weighted by Crippen LogP contribution is 2.22. The minimum atomic E-state index is -3.71. The summed E-state index contributed by atoms with van der Waals surface area (Å²) in [5.74, 6) is -0.487. The predicted molar refractivity (Wildman–Crippen MR) is 139 cm³/mol. The molecule has 0 spiro atoms. The fourth-order valence-corrected chi connectivity index (χ4v) is 4.96. The Morgan fingerprint density at radius 2 is 1.63 bits per heavy atom. The van der Waals surface area contributed by atoms with Crippen molar-refractivity contribution in [2.45, 2.75) is 42.2 Å². The topological polar surface area (TPSA) is 92.7 Å². The van der Waals surface area contributed by atoms with Crippen molar-refractivity contribution in [1.82, 2.24) is 5.32 Å². The Bertz CT molecular complexity index is 1220. The van der Waals surface area contributed by atoms with E-state index in [1.165, 1.54) is 24.3 Å². The van der Waals surface area contributed by atoms with Crippen LogP contribution in [0.1, 0.15) is 41.4 Å². The lowest BCUT2D eigenvalue weighted by Crippen LogP contribution is -2.32. The zero-order valence-electron chi connectivity index (χ0n) is 19.5. The van der Waals surface area contributed by atoms with Gasteiger partial charge in [0, 0.05) is 17.6 Å². The van der Waals surface area contributed by atoms with Gasteiger partial charge in [-0.2, -0.15) is 0 Å². The van der Waals surface area contributed by atoms with Crippen LogP contribution in [0.5, 0.6) is 0 Å². The molecule has 3 rings (SSSR count). The Labute approximate surface area is 217 Å². The van der Waals surface area contributed by atoms with Gasteiger partial charge in [0.1, 0.15) is 0 Å². The molecule has 0 saturated heterocycles. The highest BCUT2D eigenvalue weighted by atomic mass is 35.5. The average molecular weight is 538 g/mol. The van der Waals surface area contributed by atoms with Crippen LogP contribution in [-0.4, -0.2) is 38.7 Å². The van der Waals surface area contributed by atoms with E-state index in [2.05, 4.69) is 5.32 Å². The molecule has 35 heavy (non-hydrogen) atoms. The number of carbonyl (C=O) groups is 1. The number of ether oxygens (including phenoxy) is 1. The van der Waals surface area contributed by atoms with Crippen molar-refractivity contribution in [1.29, 1.82) is 0 Å². The highest BCUT2D eigenvalue weighted by molar-refractivity contribution is 7.91. The van der Waals surface area contributed by atoms with E-state index >= 15 is 0 Å².